The molecule has 3 N–H and O–H groups in total. The minimum atomic E-state index is 0.0309. The Morgan fingerprint density at radius 3 is 2.68 bits per heavy atom. The van der Waals surface area contributed by atoms with E-state index in [-0.39, 0.29) is 11.9 Å². The molecule has 0 heterocycles. The molecule has 0 spiro atoms. The highest BCUT2D eigenvalue weighted by atomic mass is 35.5. The molecule has 1 aromatic carbocycles. The maximum Gasteiger partial charge on any atom is 0.234 e. The molecule has 0 atom stereocenters. The maximum absolute atomic E-state index is 11.7. The van der Waals surface area contributed by atoms with Crippen LogP contribution in [0, 0.1) is 0 Å². The summed E-state index contributed by atoms with van der Waals surface area (Å²) in [4.78, 5) is 13.8. The van der Waals surface area contributed by atoms with Crippen molar-refractivity contribution in [1.82, 2.24) is 10.2 Å². The summed E-state index contributed by atoms with van der Waals surface area (Å²) in [5, 5.41) is 3.52. The molecule has 1 aromatic rings. The van der Waals surface area contributed by atoms with E-state index in [2.05, 4.69) is 5.32 Å². The van der Waals surface area contributed by atoms with Gasteiger partial charge < -0.3 is 11.1 Å². The van der Waals surface area contributed by atoms with Gasteiger partial charge in [0.05, 0.1) is 6.54 Å². The van der Waals surface area contributed by atoms with Gasteiger partial charge in [-0.3, -0.25) is 9.69 Å². The summed E-state index contributed by atoms with van der Waals surface area (Å²) in [6, 6.07) is 5.62. The summed E-state index contributed by atoms with van der Waals surface area (Å²) < 4.78 is 0. The molecule has 1 amide bonds. The van der Waals surface area contributed by atoms with Crippen molar-refractivity contribution >= 4 is 23.2 Å². The number of carbonyl (C=O) groups is 1. The monoisotopic (exact) mass is 283 g/mol. The summed E-state index contributed by atoms with van der Waals surface area (Å²) in [6.07, 6.45) is 0. The van der Waals surface area contributed by atoms with Gasteiger partial charge in [0.15, 0.2) is 0 Å². The van der Waals surface area contributed by atoms with Gasteiger partial charge in [-0.25, -0.2) is 0 Å². The van der Waals surface area contributed by atoms with E-state index in [0.717, 1.165) is 12.1 Å². The number of nitrogen functional groups attached to an aromatic ring is 1. The van der Waals surface area contributed by atoms with Crippen molar-refractivity contribution in [2.24, 2.45) is 0 Å². The van der Waals surface area contributed by atoms with Crippen molar-refractivity contribution in [2.45, 2.75) is 33.4 Å². The van der Waals surface area contributed by atoms with Gasteiger partial charge in [0.25, 0.3) is 0 Å². The highest BCUT2D eigenvalue weighted by Crippen LogP contribution is 2.20. The molecule has 0 aliphatic carbocycles. The first-order valence-electron chi connectivity index (χ1n) is 6.48. The molecule has 0 bridgehead atoms. The van der Waals surface area contributed by atoms with Crippen LogP contribution in [0.5, 0.6) is 0 Å². The number of carbonyl (C=O) groups excluding carboxylic acids is 1. The van der Waals surface area contributed by atoms with Crippen molar-refractivity contribution in [3.05, 3.63) is 28.8 Å². The molecule has 4 nitrogen and oxygen atoms in total. The van der Waals surface area contributed by atoms with Crippen LogP contribution in [0.4, 0.5) is 5.69 Å². The minimum Gasteiger partial charge on any atom is -0.399 e. The molecule has 0 aliphatic rings. The van der Waals surface area contributed by atoms with E-state index in [4.69, 9.17) is 17.3 Å². The fourth-order valence-electron chi connectivity index (χ4n) is 1.78. The van der Waals surface area contributed by atoms with Crippen LogP contribution < -0.4 is 11.1 Å². The average molecular weight is 284 g/mol. The van der Waals surface area contributed by atoms with Gasteiger partial charge in [0.1, 0.15) is 0 Å². The number of nitrogens with one attached hydrogen (secondary N) is 1. The highest BCUT2D eigenvalue weighted by Gasteiger charge is 2.12. The van der Waals surface area contributed by atoms with Crippen LogP contribution >= 0.6 is 11.6 Å². The van der Waals surface area contributed by atoms with E-state index < -0.39 is 0 Å². The summed E-state index contributed by atoms with van der Waals surface area (Å²) in [7, 11) is 0. The predicted molar refractivity (Wildman–Crippen MR) is 80.1 cm³/mol. The standard InChI is InChI=1S/C14H22ClN3O/c1-4-18(9-14(19)17-10(2)3)8-11-5-6-12(16)7-13(11)15/h5-7,10H,4,8-9,16H2,1-3H3,(H,17,19). The Morgan fingerprint density at radius 1 is 1.47 bits per heavy atom. The average Bonchev–Trinajstić information content (AvgIpc) is 2.30. The minimum absolute atomic E-state index is 0.0309. The molecule has 19 heavy (non-hydrogen) atoms. The summed E-state index contributed by atoms with van der Waals surface area (Å²) >= 11 is 6.14. The lowest BCUT2D eigenvalue weighted by molar-refractivity contribution is -0.122. The zero-order chi connectivity index (χ0) is 14.4. The van der Waals surface area contributed by atoms with Gasteiger partial charge >= 0.3 is 0 Å². The lowest BCUT2D eigenvalue weighted by Gasteiger charge is -2.21. The fraction of sp³-hybridized carbons (Fsp3) is 0.500. The Morgan fingerprint density at radius 2 is 2.16 bits per heavy atom. The van der Waals surface area contributed by atoms with Crippen molar-refractivity contribution in [3.8, 4) is 0 Å². The first kappa shape index (κ1) is 15.8. The number of benzene rings is 1. The van der Waals surface area contributed by atoms with Crippen LogP contribution in [0.15, 0.2) is 18.2 Å². The number of halogens is 1. The Labute approximate surface area is 119 Å². The first-order chi connectivity index (χ1) is 8.92. The van der Waals surface area contributed by atoms with Crippen molar-refractivity contribution in [1.29, 1.82) is 0 Å². The largest absolute Gasteiger partial charge is 0.399 e. The van der Waals surface area contributed by atoms with Gasteiger partial charge in [0, 0.05) is 23.3 Å². The van der Waals surface area contributed by atoms with Gasteiger partial charge in [-0.1, -0.05) is 24.6 Å². The van der Waals surface area contributed by atoms with Gasteiger partial charge in [-0.2, -0.15) is 0 Å². The molecule has 1 rings (SSSR count). The molecule has 106 valence electrons. The van der Waals surface area contributed by atoms with E-state index >= 15 is 0 Å². The third-order valence-electron chi connectivity index (χ3n) is 2.74. The smallest absolute Gasteiger partial charge is 0.234 e. The molecule has 0 aliphatic heterocycles. The third-order valence-corrected chi connectivity index (χ3v) is 3.09. The number of anilines is 1. The number of likely N-dealkylation sites (N-methyl/N-ethyl adjacent to an activating group) is 1. The molecule has 5 heteroatoms. The lowest BCUT2D eigenvalue weighted by atomic mass is 10.2. The van der Waals surface area contributed by atoms with Crippen molar-refractivity contribution in [2.75, 3.05) is 18.8 Å². The second kappa shape index (κ2) is 7.36. The van der Waals surface area contributed by atoms with Crippen LogP contribution in [0.25, 0.3) is 0 Å². The maximum atomic E-state index is 11.7. The second-order valence-corrected chi connectivity index (χ2v) is 5.28. The zero-order valence-electron chi connectivity index (χ0n) is 11.7. The van der Waals surface area contributed by atoms with Crippen molar-refractivity contribution in [3.63, 3.8) is 0 Å². The predicted octanol–water partition coefficient (Wildman–Crippen LogP) is 2.27. The normalized spacial score (nSPS) is 11.1. The van der Waals surface area contributed by atoms with Crippen molar-refractivity contribution < 1.29 is 4.79 Å². The molecule has 0 saturated carbocycles. The van der Waals surface area contributed by atoms with Crippen LogP contribution in [0.1, 0.15) is 26.3 Å². The number of hydrogen-bond acceptors (Lipinski definition) is 3. The molecule has 0 fully saturated rings. The lowest BCUT2D eigenvalue weighted by Crippen LogP contribution is -2.39. The van der Waals surface area contributed by atoms with Gasteiger partial charge in [-0.05, 0) is 38.1 Å². The molecular weight excluding hydrogens is 262 g/mol. The number of nitrogens with two attached hydrogens (primary N) is 1. The molecule has 0 unspecified atom stereocenters. The van der Waals surface area contributed by atoms with Crippen LogP contribution in [-0.2, 0) is 11.3 Å². The van der Waals surface area contributed by atoms with E-state index in [0.29, 0.717) is 23.8 Å². The van der Waals surface area contributed by atoms with E-state index in [1.165, 1.54) is 0 Å². The fourth-order valence-corrected chi connectivity index (χ4v) is 2.03. The van der Waals surface area contributed by atoms with Crippen LogP contribution in [-0.4, -0.2) is 29.9 Å². The SMILES string of the molecule is CCN(CC(=O)NC(C)C)Cc1ccc(N)cc1Cl. The highest BCUT2D eigenvalue weighted by molar-refractivity contribution is 6.31. The van der Waals surface area contributed by atoms with E-state index in [1.807, 2.05) is 37.8 Å². The topological polar surface area (TPSA) is 58.4 Å². The molecule has 0 saturated heterocycles. The number of nitrogens with zero attached hydrogens (tertiary/aromatic N) is 1. The van der Waals surface area contributed by atoms with Gasteiger partial charge in [-0.15, -0.1) is 0 Å². The van der Waals surface area contributed by atoms with E-state index in [1.54, 1.807) is 6.07 Å². The number of rotatable bonds is 6. The van der Waals surface area contributed by atoms with Crippen LogP contribution in [0.3, 0.4) is 0 Å². The Hall–Kier alpha value is -1.26. The quantitative estimate of drug-likeness (QED) is 0.788. The number of amides is 1. The summed E-state index contributed by atoms with van der Waals surface area (Å²) in [6.45, 7) is 7.71. The molecule has 0 radical (unpaired) electrons. The summed E-state index contributed by atoms with van der Waals surface area (Å²) in [5.41, 5.74) is 7.29. The Bertz CT molecular complexity index is 435. The molecular formula is C14H22ClN3O. The van der Waals surface area contributed by atoms with Gasteiger partial charge in [0.2, 0.25) is 5.91 Å². The Kier molecular flexibility index (Phi) is 6.12. The van der Waals surface area contributed by atoms with Crippen LogP contribution in [0.2, 0.25) is 5.02 Å². The zero-order valence-corrected chi connectivity index (χ0v) is 12.5. The third kappa shape index (κ3) is 5.49. The summed E-state index contributed by atoms with van der Waals surface area (Å²) in [5.74, 6) is 0.0309. The Balaban J connectivity index is 2.63. The first-order valence-corrected chi connectivity index (χ1v) is 6.85. The van der Waals surface area contributed by atoms with E-state index in [9.17, 15) is 4.79 Å². The number of hydrogen-bond donors (Lipinski definition) is 2. The molecule has 0 aromatic heterocycles. The second-order valence-electron chi connectivity index (χ2n) is 4.88.